The summed E-state index contributed by atoms with van der Waals surface area (Å²) in [6, 6.07) is 9.34. The van der Waals surface area contributed by atoms with Crippen LogP contribution in [-0.4, -0.2) is 6.54 Å². The highest BCUT2D eigenvalue weighted by molar-refractivity contribution is 14.1. The zero-order valence-electron chi connectivity index (χ0n) is 10.6. The van der Waals surface area contributed by atoms with E-state index in [1.807, 2.05) is 6.08 Å². The Hall–Kier alpha value is -0.350. The molecule has 1 rings (SSSR count). The molecule has 1 aromatic rings. The minimum absolute atomic E-state index is 0.492. The summed E-state index contributed by atoms with van der Waals surface area (Å²) in [4.78, 5) is 0. The van der Waals surface area contributed by atoms with Crippen molar-refractivity contribution < 1.29 is 0 Å². The largest absolute Gasteiger partial charge is 0.310 e. The van der Waals surface area contributed by atoms with Crippen LogP contribution in [0.25, 0.3) is 0 Å². The van der Waals surface area contributed by atoms with Crippen LogP contribution in [0.3, 0.4) is 0 Å². The fraction of sp³-hybridized carbons (Fsp3) is 0.467. The van der Waals surface area contributed by atoms with Crippen molar-refractivity contribution in [3.05, 3.63) is 46.1 Å². The third kappa shape index (κ3) is 5.68. The van der Waals surface area contributed by atoms with Crippen LogP contribution < -0.4 is 5.32 Å². The Kier molecular flexibility index (Phi) is 7.53. The van der Waals surface area contributed by atoms with Gasteiger partial charge in [-0.25, -0.2) is 0 Å². The number of hydrogen-bond donors (Lipinski definition) is 1. The Balaban J connectivity index is 2.60. The maximum absolute atomic E-state index is 3.78. The zero-order chi connectivity index (χ0) is 12.5. The van der Waals surface area contributed by atoms with Gasteiger partial charge in [-0.1, -0.05) is 25.1 Å². The molecule has 0 heterocycles. The molecule has 1 unspecified atom stereocenters. The van der Waals surface area contributed by atoms with Gasteiger partial charge in [-0.15, -0.1) is 6.58 Å². The summed E-state index contributed by atoms with van der Waals surface area (Å²) >= 11 is 2.35. The van der Waals surface area contributed by atoms with E-state index >= 15 is 0 Å². The molecule has 0 aliphatic heterocycles. The SMILES string of the molecule is C=CCCCC(NCCC)c1ccc(I)cc1. The zero-order valence-corrected chi connectivity index (χ0v) is 12.7. The second kappa shape index (κ2) is 8.70. The molecular formula is C15H22IN. The molecule has 0 saturated heterocycles. The van der Waals surface area contributed by atoms with E-state index in [2.05, 4.69) is 65.7 Å². The van der Waals surface area contributed by atoms with Gasteiger partial charge in [0.05, 0.1) is 0 Å². The van der Waals surface area contributed by atoms with Crippen molar-refractivity contribution in [2.75, 3.05) is 6.54 Å². The van der Waals surface area contributed by atoms with Crippen molar-refractivity contribution in [3.63, 3.8) is 0 Å². The third-order valence-corrected chi connectivity index (χ3v) is 3.53. The van der Waals surface area contributed by atoms with Crippen molar-refractivity contribution in [3.8, 4) is 0 Å². The van der Waals surface area contributed by atoms with Gasteiger partial charge in [-0.05, 0) is 72.5 Å². The third-order valence-electron chi connectivity index (χ3n) is 2.81. The van der Waals surface area contributed by atoms with Gasteiger partial charge >= 0.3 is 0 Å². The number of benzene rings is 1. The first-order valence-electron chi connectivity index (χ1n) is 6.37. The fourth-order valence-corrected chi connectivity index (χ4v) is 2.23. The summed E-state index contributed by atoms with van der Waals surface area (Å²) in [5, 5.41) is 3.63. The van der Waals surface area contributed by atoms with Gasteiger partial charge in [0.1, 0.15) is 0 Å². The van der Waals surface area contributed by atoms with Gasteiger partial charge in [-0.2, -0.15) is 0 Å². The maximum atomic E-state index is 3.78. The first-order valence-corrected chi connectivity index (χ1v) is 7.45. The Morgan fingerprint density at radius 3 is 2.65 bits per heavy atom. The summed E-state index contributed by atoms with van der Waals surface area (Å²) in [5.74, 6) is 0. The monoisotopic (exact) mass is 343 g/mol. The summed E-state index contributed by atoms with van der Waals surface area (Å²) in [6.45, 7) is 7.08. The number of allylic oxidation sites excluding steroid dienone is 1. The van der Waals surface area contributed by atoms with Gasteiger partial charge < -0.3 is 5.32 Å². The normalized spacial score (nSPS) is 12.4. The van der Waals surface area contributed by atoms with Crippen molar-refractivity contribution >= 4 is 22.6 Å². The van der Waals surface area contributed by atoms with Crippen molar-refractivity contribution in [2.24, 2.45) is 0 Å². The first-order chi connectivity index (χ1) is 8.27. The molecule has 0 bridgehead atoms. The minimum atomic E-state index is 0.492. The molecule has 0 amide bonds. The van der Waals surface area contributed by atoms with Gasteiger partial charge in [0.15, 0.2) is 0 Å². The van der Waals surface area contributed by atoms with Crippen molar-refractivity contribution in [2.45, 2.75) is 38.6 Å². The molecule has 1 N–H and O–H groups in total. The average Bonchev–Trinajstić information content (AvgIpc) is 2.35. The molecule has 0 radical (unpaired) electrons. The molecule has 2 heteroatoms. The van der Waals surface area contributed by atoms with E-state index in [0.29, 0.717) is 6.04 Å². The van der Waals surface area contributed by atoms with Crippen LogP contribution in [0, 0.1) is 3.57 Å². The van der Waals surface area contributed by atoms with Gasteiger partial charge in [0, 0.05) is 9.61 Å². The molecular weight excluding hydrogens is 321 g/mol. The molecule has 0 spiro atoms. The lowest BCUT2D eigenvalue weighted by molar-refractivity contribution is 0.486. The highest BCUT2D eigenvalue weighted by Crippen LogP contribution is 2.20. The van der Waals surface area contributed by atoms with E-state index < -0.39 is 0 Å². The molecule has 0 fully saturated rings. The topological polar surface area (TPSA) is 12.0 Å². The van der Waals surface area contributed by atoms with E-state index in [1.54, 1.807) is 0 Å². The van der Waals surface area contributed by atoms with E-state index in [1.165, 1.54) is 28.4 Å². The highest BCUT2D eigenvalue weighted by Gasteiger charge is 2.09. The lowest BCUT2D eigenvalue weighted by atomic mass is 10.0. The number of halogens is 1. The fourth-order valence-electron chi connectivity index (χ4n) is 1.87. The van der Waals surface area contributed by atoms with Crippen LogP contribution in [-0.2, 0) is 0 Å². The summed E-state index contributed by atoms with van der Waals surface area (Å²) in [5.41, 5.74) is 1.41. The van der Waals surface area contributed by atoms with Crippen LogP contribution in [0.4, 0.5) is 0 Å². The van der Waals surface area contributed by atoms with Crippen LogP contribution in [0.2, 0.25) is 0 Å². The maximum Gasteiger partial charge on any atom is 0.0320 e. The minimum Gasteiger partial charge on any atom is -0.310 e. The number of rotatable bonds is 8. The molecule has 0 saturated carbocycles. The van der Waals surface area contributed by atoms with E-state index in [0.717, 1.165) is 13.0 Å². The molecule has 0 aromatic heterocycles. The highest BCUT2D eigenvalue weighted by atomic mass is 127. The first kappa shape index (κ1) is 14.7. The van der Waals surface area contributed by atoms with Crippen molar-refractivity contribution in [1.29, 1.82) is 0 Å². The second-order valence-corrected chi connectivity index (χ2v) is 5.52. The quantitative estimate of drug-likeness (QED) is 0.410. The van der Waals surface area contributed by atoms with E-state index in [-0.39, 0.29) is 0 Å². The van der Waals surface area contributed by atoms with Gasteiger partial charge in [0.2, 0.25) is 0 Å². The standard InChI is InChI=1S/C15H22IN/c1-3-5-6-7-15(17-12-4-2)13-8-10-14(16)11-9-13/h3,8-11,15,17H,1,4-7,12H2,2H3. The predicted octanol–water partition coefficient (Wildman–Crippen LogP) is 4.69. The smallest absolute Gasteiger partial charge is 0.0320 e. The number of hydrogen-bond acceptors (Lipinski definition) is 1. The van der Waals surface area contributed by atoms with Gasteiger partial charge in [0.25, 0.3) is 0 Å². The number of nitrogens with one attached hydrogen (secondary N) is 1. The average molecular weight is 343 g/mol. The number of unbranched alkanes of at least 4 members (excludes halogenated alkanes) is 1. The lowest BCUT2D eigenvalue weighted by Crippen LogP contribution is -2.22. The molecule has 0 aliphatic carbocycles. The Morgan fingerprint density at radius 1 is 1.35 bits per heavy atom. The molecule has 1 atom stereocenters. The molecule has 17 heavy (non-hydrogen) atoms. The molecule has 1 aromatic carbocycles. The lowest BCUT2D eigenvalue weighted by Gasteiger charge is -2.18. The van der Waals surface area contributed by atoms with Crippen LogP contribution >= 0.6 is 22.6 Å². The van der Waals surface area contributed by atoms with Crippen LogP contribution in [0.5, 0.6) is 0 Å². The Morgan fingerprint density at radius 2 is 2.06 bits per heavy atom. The van der Waals surface area contributed by atoms with Crippen LogP contribution in [0.15, 0.2) is 36.9 Å². The molecule has 94 valence electrons. The molecule has 0 aliphatic rings. The Bertz CT molecular complexity index is 318. The Labute approximate surface area is 119 Å². The summed E-state index contributed by atoms with van der Waals surface area (Å²) in [6.07, 6.45) is 6.69. The van der Waals surface area contributed by atoms with Crippen LogP contribution in [0.1, 0.15) is 44.2 Å². The summed E-state index contributed by atoms with van der Waals surface area (Å²) in [7, 11) is 0. The van der Waals surface area contributed by atoms with E-state index in [9.17, 15) is 0 Å². The summed E-state index contributed by atoms with van der Waals surface area (Å²) < 4.78 is 1.30. The molecule has 1 nitrogen and oxygen atoms in total. The van der Waals surface area contributed by atoms with Gasteiger partial charge in [-0.3, -0.25) is 0 Å². The predicted molar refractivity (Wildman–Crippen MR) is 84.2 cm³/mol. The van der Waals surface area contributed by atoms with Crippen molar-refractivity contribution in [1.82, 2.24) is 5.32 Å². The van der Waals surface area contributed by atoms with E-state index in [4.69, 9.17) is 0 Å². The second-order valence-electron chi connectivity index (χ2n) is 4.28.